The van der Waals surface area contributed by atoms with Crippen LogP contribution in [0, 0.1) is 6.92 Å². The molecule has 0 aliphatic carbocycles. The van der Waals surface area contributed by atoms with Gasteiger partial charge in [-0.15, -0.1) is 11.3 Å². The maximum Gasteiger partial charge on any atom is 0.183 e. The highest BCUT2D eigenvalue weighted by Gasteiger charge is 2.26. The minimum absolute atomic E-state index is 0.125. The molecule has 0 saturated heterocycles. The highest BCUT2D eigenvalue weighted by molar-refractivity contribution is 7.14. The molecule has 0 unspecified atom stereocenters. The topological polar surface area (TPSA) is 45.1 Å². The second kappa shape index (κ2) is 7.83. The van der Waals surface area contributed by atoms with Crippen LogP contribution < -0.4 is 5.32 Å². The molecule has 154 valence electrons. The number of anilines is 1. The lowest BCUT2D eigenvalue weighted by molar-refractivity contribution is 0.423. The quantitative estimate of drug-likeness (QED) is 0.487. The second-order valence-corrected chi connectivity index (χ2v) is 10.7. The van der Waals surface area contributed by atoms with Crippen LogP contribution in [0.2, 0.25) is 0 Å². The average Bonchev–Trinajstić information content (AvgIpc) is 3.08. The van der Waals surface area contributed by atoms with Crippen LogP contribution in [0.25, 0.3) is 11.3 Å². The van der Waals surface area contributed by atoms with E-state index in [-0.39, 0.29) is 10.8 Å². The van der Waals surface area contributed by atoms with Crippen molar-refractivity contribution in [3.8, 4) is 17.0 Å². The standard InChI is InChI=1S/C25H32N2OS/c1-16-8-10-18(11-9-16)21-15-29-23(27-21)26-14-17-12-19(24(2,3)4)22(28)20(13-17)25(5,6)7/h8-13,15,28H,14H2,1-7H3,(H,26,27). The van der Waals surface area contributed by atoms with Crippen molar-refractivity contribution in [2.75, 3.05) is 5.32 Å². The lowest BCUT2D eigenvalue weighted by Gasteiger charge is -2.28. The summed E-state index contributed by atoms with van der Waals surface area (Å²) in [5, 5.41) is 17.3. The van der Waals surface area contributed by atoms with Crippen LogP contribution in [0.5, 0.6) is 5.75 Å². The van der Waals surface area contributed by atoms with E-state index >= 15 is 0 Å². The molecular weight excluding hydrogens is 376 g/mol. The smallest absolute Gasteiger partial charge is 0.183 e. The Bertz CT molecular complexity index is 954. The van der Waals surface area contributed by atoms with Crippen molar-refractivity contribution in [3.05, 3.63) is 64.0 Å². The molecule has 2 N–H and O–H groups in total. The molecule has 0 atom stereocenters. The first-order valence-corrected chi connectivity index (χ1v) is 11.0. The van der Waals surface area contributed by atoms with Gasteiger partial charge >= 0.3 is 0 Å². The summed E-state index contributed by atoms with van der Waals surface area (Å²) in [5.41, 5.74) is 6.26. The van der Waals surface area contributed by atoms with Crippen LogP contribution in [0.1, 0.15) is 63.8 Å². The predicted molar refractivity (Wildman–Crippen MR) is 125 cm³/mol. The fourth-order valence-electron chi connectivity index (χ4n) is 3.33. The molecule has 1 heterocycles. The van der Waals surface area contributed by atoms with Crippen LogP contribution in [0.15, 0.2) is 41.8 Å². The Kier molecular flexibility index (Phi) is 5.77. The molecule has 0 amide bonds. The summed E-state index contributed by atoms with van der Waals surface area (Å²) in [6.07, 6.45) is 0. The molecule has 0 fully saturated rings. The third-order valence-electron chi connectivity index (χ3n) is 5.08. The molecular formula is C25H32N2OS. The number of phenols is 1. The van der Waals surface area contributed by atoms with Crippen molar-refractivity contribution in [1.29, 1.82) is 0 Å². The highest BCUT2D eigenvalue weighted by Crippen LogP contribution is 2.40. The number of thiazole rings is 1. The first kappa shape index (κ1) is 21.4. The molecule has 0 radical (unpaired) electrons. The molecule has 3 rings (SSSR count). The summed E-state index contributed by atoms with van der Waals surface area (Å²) in [6.45, 7) is 15.6. The first-order valence-electron chi connectivity index (χ1n) is 10.1. The normalized spacial score (nSPS) is 12.2. The Morgan fingerprint density at radius 1 is 0.931 bits per heavy atom. The van der Waals surface area contributed by atoms with E-state index in [1.165, 1.54) is 5.56 Å². The molecule has 0 aliphatic heterocycles. The van der Waals surface area contributed by atoms with E-state index in [0.717, 1.165) is 33.1 Å². The van der Waals surface area contributed by atoms with Gasteiger partial charge in [0.05, 0.1) is 5.69 Å². The number of aromatic hydroxyl groups is 1. The van der Waals surface area contributed by atoms with Gasteiger partial charge in [-0.05, 0) is 46.6 Å². The summed E-state index contributed by atoms with van der Waals surface area (Å²) in [5.74, 6) is 0.421. The Hall–Kier alpha value is -2.33. The van der Waals surface area contributed by atoms with Crippen LogP contribution in [-0.2, 0) is 17.4 Å². The number of rotatable bonds is 4. The Morgan fingerprint density at radius 3 is 2.00 bits per heavy atom. The van der Waals surface area contributed by atoms with E-state index in [0.29, 0.717) is 12.3 Å². The number of aryl methyl sites for hydroxylation is 1. The van der Waals surface area contributed by atoms with E-state index in [4.69, 9.17) is 4.98 Å². The lowest BCUT2D eigenvalue weighted by Crippen LogP contribution is -2.18. The molecule has 3 nitrogen and oxygen atoms in total. The third kappa shape index (κ3) is 4.99. The maximum absolute atomic E-state index is 10.9. The number of phenolic OH excluding ortho intramolecular Hbond substituents is 1. The molecule has 4 heteroatoms. The molecule has 3 aromatic rings. The van der Waals surface area contributed by atoms with E-state index in [1.807, 2.05) is 0 Å². The van der Waals surface area contributed by atoms with Gasteiger partial charge in [-0.2, -0.15) is 0 Å². The van der Waals surface area contributed by atoms with E-state index in [2.05, 4.69) is 95.6 Å². The summed E-state index contributed by atoms with van der Waals surface area (Å²) in [7, 11) is 0. The Morgan fingerprint density at radius 2 is 1.48 bits per heavy atom. The largest absolute Gasteiger partial charge is 0.507 e. The molecule has 0 aliphatic rings. The minimum Gasteiger partial charge on any atom is -0.507 e. The number of hydrogen-bond donors (Lipinski definition) is 2. The molecule has 0 spiro atoms. The van der Waals surface area contributed by atoms with Crippen LogP contribution >= 0.6 is 11.3 Å². The summed E-state index contributed by atoms with van der Waals surface area (Å²) in [4.78, 5) is 4.74. The summed E-state index contributed by atoms with van der Waals surface area (Å²) < 4.78 is 0. The van der Waals surface area contributed by atoms with Crippen molar-refractivity contribution in [3.63, 3.8) is 0 Å². The fourth-order valence-corrected chi connectivity index (χ4v) is 4.05. The lowest BCUT2D eigenvalue weighted by atomic mass is 9.78. The zero-order valence-electron chi connectivity index (χ0n) is 18.6. The van der Waals surface area contributed by atoms with E-state index < -0.39 is 0 Å². The summed E-state index contributed by atoms with van der Waals surface area (Å²) in [6, 6.07) is 12.7. The van der Waals surface area contributed by atoms with Crippen molar-refractivity contribution in [1.82, 2.24) is 4.98 Å². The number of nitrogens with one attached hydrogen (secondary N) is 1. The monoisotopic (exact) mass is 408 g/mol. The van der Waals surface area contributed by atoms with Crippen LogP contribution in [-0.4, -0.2) is 10.1 Å². The maximum atomic E-state index is 10.9. The van der Waals surface area contributed by atoms with Crippen molar-refractivity contribution < 1.29 is 5.11 Å². The minimum atomic E-state index is -0.125. The molecule has 29 heavy (non-hydrogen) atoms. The van der Waals surface area contributed by atoms with Gasteiger partial charge in [-0.1, -0.05) is 71.4 Å². The average molecular weight is 409 g/mol. The van der Waals surface area contributed by atoms with E-state index in [9.17, 15) is 5.11 Å². The molecule has 2 aromatic carbocycles. The third-order valence-corrected chi connectivity index (χ3v) is 5.88. The van der Waals surface area contributed by atoms with Crippen molar-refractivity contribution in [2.45, 2.75) is 65.8 Å². The number of aromatic nitrogens is 1. The second-order valence-electron chi connectivity index (χ2n) is 9.80. The van der Waals surface area contributed by atoms with Gasteiger partial charge < -0.3 is 10.4 Å². The zero-order chi connectivity index (χ0) is 21.4. The van der Waals surface area contributed by atoms with Gasteiger partial charge in [0, 0.05) is 17.5 Å². The van der Waals surface area contributed by atoms with Gasteiger partial charge in [0.2, 0.25) is 0 Å². The Balaban J connectivity index is 1.84. The SMILES string of the molecule is Cc1ccc(-c2csc(NCc3cc(C(C)(C)C)c(O)c(C(C)(C)C)c3)n2)cc1. The van der Waals surface area contributed by atoms with Crippen LogP contribution in [0.3, 0.4) is 0 Å². The fraction of sp³-hybridized carbons (Fsp3) is 0.400. The van der Waals surface area contributed by atoms with Gasteiger partial charge in [-0.3, -0.25) is 0 Å². The van der Waals surface area contributed by atoms with Crippen LogP contribution in [0.4, 0.5) is 5.13 Å². The highest BCUT2D eigenvalue weighted by atomic mass is 32.1. The molecule has 1 aromatic heterocycles. The predicted octanol–water partition coefficient (Wildman–Crippen LogP) is 7.03. The van der Waals surface area contributed by atoms with Gasteiger partial charge in [0.25, 0.3) is 0 Å². The first-order chi connectivity index (χ1) is 13.4. The van der Waals surface area contributed by atoms with Gasteiger partial charge in [0.1, 0.15) is 5.75 Å². The van der Waals surface area contributed by atoms with Gasteiger partial charge in [-0.25, -0.2) is 4.98 Å². The van der Waals surface area contributed by atoms with E-state index in [1.54, 1.807) is 11.3 Å². The Labute approximate surface area is 178 Å². The number of nitrogens with zero attached hydrogens (tertiary/aromatic N) is 1. The van der Waals surface area contributed by atoms with Crippen molar-refractivity contribution in [2.24, 2.45) is 0 Å². The van der Waals surface area contributed by atoms with Gasteiger partial charge in [0.15, 0.2) is 5.13 Å². The summed E-state index contributed by atoms with van der Waals surface area (Å²) >= 11 is 1.62. The zero-order valence-corrected chi connectivity index (χ0v) is 19.4. The molecule has 0 saturated carbocycles. The number of benzene rings is 2. The molecule has 0 bridgehead atoms. The van der Waals surface area contributed by atoms with Crippen molar-refractivity contribution >= 4 is 16.5 Å². The number of hydrogen-bond acceptors (Lipinski definition) is 4.